The first kappa shape index (κ1) is 20.6. The van der Waals surface area contributed by atoms with Crippen molar-refractivity contribution in [3.8, 4) is 5.69 Å². The molecule has 6 heteroatoms. The summed E-state index contributed by atoms with van der Waals surface area (Å²) in [4.78, 5) is 25.6. The summed E-state index contributed by atoms with van der Waals surface area (Å²) in [5.74, 6) is -0.220. The van der Waals surface area contributed by atoms with Gasteiger partial charge in [0.2, 0.25) is 5.91 Å². The first-order valence-corrected chi connectivity index (χ1v) is 10.3. The van der Waals surface area contributed by atoms with Crippen molar-refractivity contribution in [2.75, 3.05) is 0 Å². The van der Waals surface area contributed by atoms with Crippen molar-refractivity contribution < 1.29 is 4.79 Å². The minimum atomic E-state index is -0.220. The molecule has 0 fully saturated rings. The summed E-state index contributed by atoms with van der Waals surface area (Å²) in [7, 11) is 0. The number of rotatable bonds is 5. The number of aromatic nitrogens is 3. The van der Waals surface area contributed by atoms with E-state index in [-0.39, 0.29) is 18.0 Å². The fraction of sp³-hybridized carbons (Fsp3) is 0.240. The second-order valence-electron chi connectivity index (χ2n) is 8.05. The number of nitrogens with zero attached hydrogens (tertiary/aromatic N) is 3. The molecule has 4 aromatic rings. The molecular formula is C25H26N4O2. The maximum absolute atomic E-state index is 12.9. The van der Waals surface area contributed by atoms with Gasteiger partial charge < -0.3 is 5.32 Å². The molecule has 0 saturated heterocycles. The van der Waals surface area contributed by atoms with Crippen LogP contribution < -0.4 is 10.9 Å². The van der Waals surface area contributed by atoms with Crippen LogP contribution in [0.2, 0.25) is 0 Å². The summed E-state index contributed by atoms with van der Waals surface area (Å²) in [6.07, 6.45) is 0. The number of carbonyl (C=O) groups is 1. The maximum Gasteiger partial charge on any atom is 0.252 e. The number of benzene rings is 2. The lowest BCUT2D eigenvalue weighted by molar-refractivity contribution is -0.121. The Balaban J connectivity index is 1.71. The van der Waals surface area contributed by atoms with Crippen molar-refractivity contribution >= 4 is 16.9 Å². The van der Waals surface area contributed by atoms with Gasteiger partial charge in [-0.1, -0.05) is 47.5 Å². The zero-order valence-electron chi connectivity index (χ0n) is 18.3. The number of carbonyl (C=O) groups excluding carboxylic acids is 1. The molecule has 0 bridgehead atoms. The third-order valence-electron chi connectivity index (χ3n) is 5.48. The molecule has 2 aromatic carbocycles. The van der Waals surface area contributed by atoms with E-state index in [0.717, 1.165) is 33.5 Å². The lowest BCUT2D eigenvalue weighted by atomic mass is 10.1. The van der Waals surface area contributed by atoms with Gasteiger partial charge in [-0.15, -0.1) is 0 Å². The zero-order valence-corrected chi connectivity index (χ0v) is 18.3. The fourth-order valence-corrected chi connectivity index (χ4v) is 3.79. The number of pyridine rings is 1. The zero-order chi connectivity index (χ0) is 22.1. The number of amides is 1. The van der Waals surface area contributed by atoms with E-state index >= 15 is 0 Å². The first-order valence-electron chi connectivity index (χ1n) is 10.3. The Bertz CT molecular complexity index is 1310. The molecule has 6 nitrogen and oxygen atoms in total. The van der Waals surface area contributed by atoms with E-state index in [1.165, 1.54) is 10.1 Å². The van der Waals surface area contributed by atoms with Crippen LogP contribution in [-0.4, -0.2) is 20.3 Å². The highest BCUT2D eigenvalue weighted by Crippen LogP contribution is 2.24. The average molecular weight is 415 g/mol. The second kappa shape index (κ2) is 8.22. The molecule has 0 aliphatic rings. The van der Waals surface area contributed by atoms with Gasteiger partial charge in [0.25, 0.3) is 5.56 Å². The quantitative estimate of drug-likeness (QED) is 0.541. The number of hydrogen-bond acceptors (Lipinski definition) is 3. The van der Waals surface area contributed by atoms with E-state index in [9.17, 15) is 9.59 Å². The van der Waals surface area contributed by atoms with Gasteiger partial charge in [0.1, 0.15) is 12.2 Å². The van der Waals surface area contributed by atoms with Crippen LogP contribution in [0.5, 0.6) is 0 Å². The average Bonchev–Trinajstić information content (AvgIpc) is 3.09. The van der Waals surface area contributed by atoms with E-state index in [2.05, 4.69) is 10.4 Å². The summed E-state index contributed by atoms with van der Waals surface area (Å²) in [5.41, 5.74) is 6.27. The monoisotopic (exact) mass is 414 g/mol. The summed E-state index contributed by atoms with van der Waals surface area (Å²) < 4.78 is 3.26. The number of nitrogens with one attached hydrogen (secondary N) is 1. The normalized spacial score (nSPS) is 11.1. The first-order chi connectivity index (χ1) is 14.8. The molecule has 0 aliphatic carbocycles. The van der Waals surface area contributed by atoms with Gasteiger partial charge in [-0.25, -0.2) is 4.68 Å². The molecule has 0 aliphatic heterocycles. The molecule has 2 aromatic heterocycles. The predicted octanol–water partition coefficient (Wildman–Crippen LogP) is 3.74. The van der Waals surface area contributed by atoms with Gasteiger partial charge in [-0.05, 0) is 51.0 Å². The summed E-state index contributed by atoms with van der Waals surface area (Å²) in [6.45, 7) is 8.22. The van der Waals surface area contributed by atoms with Crippen LogP contribution in [0.3, 0.4) is 0 Å². The van der Waals surface area contributed by atoms with Gasteiger partial charge in [0, 0.05) is 18.0 Å². The van der Waals surface area contributed by atoms with Crippen molar-refractivity contribution in [1.82, 2.24) is 19.7 Å². The van der Waals surface area contributed by atoms with Crippen LogP contribution in [0.25, 0.3) is 16.7 Å². The van der Waals surface area contributed by atoms with Crippen LogP contribution in [0.4, 0.5) is 0 Å². The number of hydrogen-bond donors (Lipinski definition) is 1. The Hall–Kier alpha value is -3.67. The molecule has 0 saturated carbocycles. The molecule has 0 unspecified atom stereocenters. The van der Waals surface area contributed by atoms with Gasteiger partial charge in [-0.2, -0.15) is 5.10 Å². The van der Waals surface area contributed by atoms with Crippen LogP contribution in [0.15, 0.2) is 59.4 Å². The van der Waals surface area contributed by atoms with Crippen LogP contribution in [-0.2, 0) is 17.9 Å². The molecule has 31 heavy (non-hydrogen) atoms. The Morgan fingerprint density at radius 3 is 2.19 bits per heavy atom. The van der Waals surface area contributed by atoms with Crippen molar-refractivity contribution in [3.05, 3.63) is 92.9 Å². The Morgan fingerprint density at radius 2 is 1.55 bits per heavy atom. The highest BCUT2D eigenvalue weighted by Gasteiger charge is 2.18. The number of aryl methyl sites for hydroxylation is 4. The van der Waals surface area contributed by atoms with Crippen molar-refractivity contribution in [2.24, 2.45) is 0 Å². The van der Waals surface area contributed by atoms with E-state index in [4.69, 9.17) is 0 Å². The van der Waals surface area contributed by atoms with E-state index < -0.39 is 0 Å². The third-order valence-corrected chi connectivity index (χ3v) is 5.48. The number of fused-ring (bicyclic) bond motifs is 1. The van der Waals surface area contributed by atoms with E-state index in [1.54, 1.807) is 10.7 Å². The van der Waals surface area contributed by atoms with Gasteiger partial charge >= 0.3 is 0 Å². The molecule has 1 N–H and O–H groups in total. The molecule has 0 radical (unpaired) electrons. The Kier molecular flexibility index (Phi) is 5.46. The van der Waals surface area contributed by atoms with Gasteiger partial charge in [-0.3, -0.25) is 14.2 Å². The molecule has 1 amide bonds. The largest absolute Gasteiger partial charge is 0.350 e. The van der Waals surface area contributed by atoms with Crippen LogP contribution >= 0.6 is 0 Å². The minimum Gasteiger partial charge on any atom is -0.350 e. The molecule has 158 valence electrons. The highest BCUT2D eigenvalue weighted by atomic mass is 16.2. The van der Waals surface area contributed by atoms with Crippen molar-refractivity contribution in [1.29, 1.82) is 0 Å². The van der Waals surface area contributed by atoms with Gasteiger partial charge in [0.15, 0.2) is 0 Å². The summed E-state index contributed by atoms with van der Waals surface area (Å²) in [5, 5.41) is 8.50. The van der Waals surface area contributed by atoms with Crippen LogP contribution in [0, 0.1) is 27.7 Å². The second-order valence-corrected chi connectivity index (χ2v) is 8.05. The molecule has 2 heterocycles. The van der Waals surface area contributed by atoms with Crippen molar-refractivity contribution in [2.45, 2.75) is 40.8 Å². The maximum atomic E-state index is 12.9. The Morgan fingerprint density at radius 1 is 0.935 bits per heavy atom. The fourth-order valence-electron chi connectivity index (χ4n) is 3.79. The predicted molar refractivity (Wildman–Crippen MR) is 123 cm³/mol. The van der Waals surface area contributed by atoms with E-state index in [1.807, 2.05) is 76.2 Å². The SMILES string of the molecule is Cc1ccc(CNC(=O)Cn2c(=O)cc(C)c3c(C)nn(-c4ccc(C)cc4)c32)cc1. The molecule has 4 rings (SSSR count). The van der Waals surface area contributed by atoms with Crippen molar-refractivity contribution in [3.63, 3.8) is 0 Å². The summed E-state index contributed by atoms with van der Waals surface area (Å²) >= 11 is 0. The Labute approximate surface area is 181 Å². The molecule has 0 spiro atoms. The third kappa shape index (κ3) is 4.14. The lowest BCUT2D eigenvalue weighted by Gasteiger charge is -2.13. The van der Waals surface area contributed by atoms with Crippen LogP contribution in [0.1, 0.15) is 27.9 Å². The summed E-state index contributed by atoms with van der Waals surface area (Å²) in [6, 6.07) is 17.5. The highest BCUT2D eigenvalue weighted by molar-refractivity contribution is 5.85. The topological polar surface area (TPSA) is 68.9 Å². The lowest BCUT2D eigenvalue weighted by Crippen LogP contribution is -2.32. The van der Waals surface area contributed by atoms with Gasteiger partial charge in [0.05, 0.1) is 11.4 Å². The van der Waals surface area contributed by atoms with E-state index in [0.29, 0.717) is 12.2 Å². The smallest absolute Gasteiger partial charge is 0.252 e. The minimum absolute atomic E-state index is 0.0710. The molecular weight excluding hydrogens is 388 g/mol. The molecule has 0 atom stereocenters. The standard InChI is InChI=1S/C25H26N4O2/c1-16-5-9-20(10-6-16)14-26-22(30)15-28-23(31)13-18(3)24-19(4)27-29(25(24)28)21-11-7-17(2)8-12-21/h5-13H,14-15H2,1-4H3,(H,26,30).